The molecule has 1 aliphatic rings. The Morgan fingerprint density at radius 2 is 1.72 bits per heavy atom. The van der Waals surface area contributed by atoms with Gasteiger partial charge in [0.1, 0.15) is 17.6 Å². The van der Waals surface area contributed by atoms with Crippen LogP contribution in [0.3, 0.4) is 0 Å². The van der Waals surface area contributed by atoms with Crippen LogP contribution in [0.5, 0.6) is 0 Å². The van der Waals surface area contributed by atoms with Gasteiger partial charge in [0.15, 0.2) is 11.5 Å². The summed E-state index contributed by atoms with van der Waals surface area (Å²) < 4.78 is 5.82. The van der Waals surface area contributed by atoms with Crippen LogP contribution in [0.4, 0.5) is 11.4 Å². The molecular formula is C26H26N2O4. The maximum Gasteiger partial charge on any atom is 0.294 e. The Labute approximate surface area is 187 Å². The van der Waals surface area contributed by atoms with Crippen molar-refractivity contribution < 1.29 is 19.1 Å². The Morgan fingerprint density at radius 1 is 1.03 bits per heavy atom. The van der Waals surface area contributed by atoms with Crippen molar-refractivity contribution in [3.05, 3.63) is 95.1 Å². The molecule has 6 nitrogen and oxygen atoms in total. The largest absolute Gasteiger partial charge is 0.503 e. The van der Waals surface area contributed by atoms with Gasteiger partial charge >= 0.3 is 0 Å². The number of aliphatic hydroxyl groups excluding tert-OH is 1. The standard InChI is InChI=1S/C26H26N2O4/c1-17-9-16-22(32-17)24-23(21(29)15-10-18-7-5-4-6-8-18)25(30)26(31)28(24)20-13-11-19(12-14-20)27(2)3/h4-9,11-14,16,24,30H,10,15H2,1-3H3. The van der Waals surface area contributed by atoms with E-state index in [-0.39, 0.29) is 17.8 Å². The van der Waals surface area contributed by atoms with Crippen molar-refractivity contribution in [2.24, 2.45) is 0 Å². The molecule has 1 aromatic heterocycles. The number of anilines is 2. The number of nitrogens with zero attached hydrogens (tertiary/aromatic N) is 2. The van der Waals surface area contributed by atoms with Crippen LogP contribution < -0.4 is 9.80 Å². The smallest absolute Gasteiger partial charge is 0.294 e. The van der Waals surface area contributed by atoms with Gasteiger partial charge in [0.25, 0.3) is 5.91 Å². The summed E-state index contributed by atoms with van der Waals surface area (Å²) in [6.07, 6.45) is 0.701. The van der Waals surface area contributed by atoms with Gasteiger partial charge in [-0.05, 0) is 55.3 Å². The van der Waals surface area contributed by atoms with Crippen molar-refractivity contribution in [3.8, 4) is 0 Å². The van der Waals surface area contributed by atoms with Gasteiger partial charge in [-0.3, -0.25) is 14.5 Å². The van der Waals surface area contributed by atoms with Crippen LogP contribution >= 0.6 is 0 Å². The highest BCUT2D eigenvalue weighted by Crippen LogP contribution is 2.42. The summed E-state index contributed by atoms with van der Waals surface area (Å²) in [4.78, 5) is 29.7. The van der Waals surface area contributed by atoms with E-state index in [1.54, 1.807) is 31.2 Å². The number of amides is 1. The zero-order chi connectivity index (χ0) is 22.8. The first-order chi connectivity index (χ1) is 15.4. The number of hydrogen-bond donors (Lipinski definition) is 1. The predicted octanol–water partition coefficient (Wildman–Crippen LogP) is 4.76. The number of hydrogen-bond acceptors (Lipinski definition) is 5. The van der Waals surface area contributed by atoms with Gasteiger partial charge in [0.2, 0.25) is 0 Å². The van der Waals surface area contributed by atoms with Crippen LogP contribution in [-0.2, 0) is 16.0 Å². The van der Waals surface area contributed by atoms with Gasteiger partial charge in [0.05, 0.1) is 5.57 Å². The van der Waals surface area contributed by atoms with Crippen LogP contribution in [0.2, 0.25) is 0 Å². The average molecular weight is 431 g/mol. The fraction of sp³-hybridized carbons (Fsp3) is 0.231. The first-order valence-electron chi connectivity index (χ1n) is 10.5. The van der Waals surface area contributed by atoms with E-state index in [1.807, 2.05) is 61.5 Å². The molecule has 2 aromatic carbocycles. The monoisotopic (exact) mass is 430 g/mol. The van der Waals surface area contributed by atoms with Crippen LogP contribution in [0.25, 0.3) is 0 Å². The van der Waals surface area contributed by atoms with E-state index in [1.165, 1.54) is 4.90 Å². The van der Waals surface area contributed by atoms with Gasteiger partial charge in [-0.1, -0.05) is 30.3 Å². The number of aliphatic hydroxyl groups is 1. The maximum atomic E-state index is 13.2. The molecular weight excluding hydrogens is 404 g/mol. The van der Waals surface area contributed by atoms with E-state index < -0.39 is 17.7 Å². The molecule has 1 aliphatic heterocycles. The molecule has 0 bridgehead atoms. The zero-order valence-electron chi connectivity index (χ0n) is 18.4. The van der Waals surface area contributed by atoms with Crippen LogP contribution in [-0.4, -0.2) is 30.9 Å². The number of carbonyl (C=O) groups excluding carboxylic acids is 2. The second kappa shape index (κ2) is 8.75. The molecule has 0 spiro atoms. The number of carbonyl (C=O) groups is 2. The molecule has 4 rings (SSSR count). The number of rotatable bonds is 7. The van der Waals surface area contributed by atoms with Crippen molar-refractivity contribution >= 4 is 23.1 Å². The molecule has 1 N–H and O–H groups in total. The van der Waals surface area contributed by atoms with Gasteiger partial charge in [-0.2, -0.15) is 0 Å². The molecule has 0 saturated carbocycles. The summed E-state index contributed by atoms with van der Waals surface area (Å²) >= 11 is 0. The minimum absolute atomic E-state index is 0.0805. The molecule has 1 amide bonds. The summed E-state index contributed by atoms with van der Waals surface area (Å²) in [5.74, 6) is -0.285. The van der Waals surface area contributed by atoms with E-state index >= 15 is 0 Å². The molecule has 1 atom stereocenters. The van der Waals surface area contributed by atoms with E-state index in [0.717, 1.165) is 11.3 Å². The van der Waals surface area contributed by atoms with Crippen LogP contribution in [0.1, 0.15) is 29.5 Å². The lowest BCUT2D eigenvalue weighted by Gasteiger charge is -2.25. The maximum absolute atomic E-state index is 13.2. The van der Waals surface area contributed by atoms with Gasteiger partial charge < -0.3 is 14.4 Å². The first kappa shape index (κ1) is 21.4. The summed E-state index contributed by atoms with van der Waals surface area (Å²) in [6.45, 7) is 1.80. The van der Waals surface area contributed by atoms with Crippen molar-refractivity contribution in [1.82, 2.24) is 0 Å². The first-order valence-corrected chi connectivity index (χ1v) is 10.5. The molecule has 1 unspecified atom stereocenters. The highest BCUT2D eigenvalue weighted by molar-refractivity contribution is 6.16. The number of furan rings is 1. The third kappa shape index (κ3) is 4.04. The minimum Gasteiger partial charge on any atom is -0.503 e. The molecule has 3 aromatic rings. The number of Topliss-reactive ketones (excluding diaryl/α,β-unsaturated/α-hetero) is 1. The molecule has 6 heteroatoms. The second-order valence-electron chi connectivity index (χ2n) is 8.11. The third-order valence-corrected chi connectivity index (χ3v) is 5.67. The highest BCUT2D eigenvalue weighted by atomic mass is 16.3. The number of benzene rings is 2. The Hall–Kier alpha value is -3.80. The van der Waals surface area contributed by atoms with E-state index in [9.17, 15) is 14.7 Å². The lowest BCUT2D eigenvalue weighted by molar-refractivity contribution is -0.118. The molecule has 0 fully saturated rings. The normalized spacial score (nSPS) is 16.0. The predicted molar refractivity (Wildman–Crippen MR) is 124 cm³/mol. The Morgan fingerprint density at radius 3 is 2.31 bits per heavy atom. The van der Waals surface area contributed by atoms with Crippen molar-refractivity contribution in [2.75, 3.05) is 23.9 Å². The summed E-state index contributed by atoms with van der Waals surface area (Å²) in [7, 11) is 3.86. The number of aryl methyl sites for hydroxylation is 2. The van der Waals surface area contributed by atoms with Crippen LogP contribution in [0, 0.1) is 6.92 Å². The summed E-state index contributed by atoms with van der Waals surface area (Å²) in [6, 6.07) is 19.8. The molecule has 0 aliphatic carbocycles. The van der Waals surface area contributed by atoms with E-state index in [0.29, 0.717) is 23.6 Å². The van der Waals surface area contributed by atoms with Gasteiger partial charge in [-0.15, -0.1) is 0 Å². The Kier molecular flexibility index (Phi) is 5.86. The van der Waals surface area contributed by atoms with Crippen LogP contribution in [0.15, 0.2) is 82.5 Å². The summed E-state index contributed by atoms with van der Waals surface area (Å²) in [5, 5.41) is 10.8. The molecule has 164 valence electrons. The summed E-state index contributed by atoms with van der Waals surface area (Å²) in [5.41, 5.74) is 2.66. The molecule has 0 radical (unpaired) electrons. The third-order valence-electron chi connectivity index (χ3n) is 5.67. The Bertz CT molecular complexity index is 1160. The van der Waals surface area contributed by atoms with Gasteiger partial charge in [0, 0.05) is 31.9 Å². The van der Waals surface area contributed by atoms with E-state index in [2.05, 4.69) is 0 Å². The Balaban J connectivity index is 1.69. The lowest BCUT2D eigenvalue weighted by atomic mass is 9.96. The molecule has 32 heavy (non-hydrogen) atoms. The number of ketones is 1. The quantitative estimate of drug-likeness (QED) is 0.585. The fourth-order valence-electron chi connectivity index (χ4n) is 3.97. The minimum atomic E-state index is -0.815. The highest BCUT2D eigenvalue weighted by Gasteiger charge is 2.45. The topological polar surface area (TPSA) is 74.0 Å². The lowest BCUT2D eigenvalue weighted by Crippen LogP contribution is -2.30. The van der Waals surface area contributed by atoms with Crippen molar-refractivity contribution in [1.29, 1.82) is 0 Å². The van der Waals surface area contributed by atoms with E-state index in [4.69, 9.17) is 4.42 Å². The average Bonchev–Trinajstić information content (AvgIpc) is 3.33. The fourth-order valence-corrected chi connectivity index (χ4v) is 3.97. The second-order valence-corrected chi connectivity index (χ2v) is 8.11. The molecule has 0 saturated heterocycles. The van der Waals surface area contributed by atoms with Crippen molar-refractivity contribution in [2.45, 2.75) is 25.8 Å². The molecule has 2 heterocycles. The SMILES string of the molecule is Cc1ccc(C2C(C(=O)CCc3ccccc3)=C(O)C(=O)N2c2ccc(N(C)C)cc2)o1. The zero-order valence-corrected chi connectivity index (χ0v) is 18.4. The van der Waals surface area contributed by atoms with Crippen molar-refractivity contribution in [3.63, 3.8) is 0 Å². The van der Waals surface area contributed by atoms with Gasteiger partial charge in [-0.25, -0.2) is 0 Å².